The Kier molecular flexibility index (Phi) is 5.00. The van der Waals surface area contributed by atoms with Crippen LogP contribution in [0.15, 0.2) is 78.3 Å². The minimum Gasteiger partial charge on any atom is -0.321 e. The molecule has 28 heavy (non-hydrogen) atoms. The van der Waals surface area contributed by atoms with Crippen molar-refractivity contribution in [2.45, 2.75) is 0 Å². The van der Waals surface area contributed by atoms with Crippen LogP contribution < -0.4 is 5.32 Å². The first kappa shape index (κ1) is 17.7. The number of aromatic nitrogens is 2. The third-order valence-electron chi connectivity index (χ3n) is 3.88. The lowest BCUT2D eigenvalue weighted by molar-refractivity contribution is 0.102. The summed E-state index contributed by atoms with van der Waals surface area (Å²) in [5.41, 5.74) is 2.38. The number of anilines is 1. The van der Waals surface area contributed by atoms with Crippen LogP contribution in [0.3, 0.4) is 0 Å². The predicted octanol–water partition coefficient (Wildman–Crippen LogP) is 4.73. The Balaban J connectivity index is 1.48. The lowest BCUT2D eigenvalue weighted by atomic mass is 10.2. The van der Waals surface area contributed by atoms with Gasteiger partial charge in [0.2, 0.25) is 0 Å². The average Bonchev–Trinajstić information content (AvgIpc) is 3.39. The van der Waals surface area contributed by atoms with Crippen molar-refractivity contribution in [2.75, 3.05) is 5.32 Å². The van der Waals surface area contributed by atoms with Crippen molar-refractivity contribution in [2.24, 2.45) is 0 Å². The molecule has 4 rings (SSSR count). The lowest BCUT2D eigenvalue weighted by Crippen LogP contribution is -2.13. The highest BCUT2D eigenvalue weighted by molar-refractivity contribution is 7.10. The van der Waals surface area contributed by atoms with Crippen LogP contribution in [0.4, 0.5) is 10.1 Å². The fourth-order valence-electron chi connectivity index (χ4n) is 2.54. The molecule has 1 N–H and O–H groups in total. The second-order valence-corrected chi connectivity index (χ2v) is 6.83. The molecule has 0 bridgehead atoms. The van der Waals surface area contributed by atoms with Gasteiger partial charge in [-0.2, -0.15) is 5.10 Å². The summed E-state index contributed by atoms with van der Waals surface area (Å²) in [6.07, 6.45) is 1.66. The zero-order valence-electron chi connectivity index (χ0n) is 14.6. The van der Waals surface area contributed by atoms with Gasteiger partial charge in [0.25, 0.3) is 5.91 Å². The fourth-order valence-corrected chi connectivity index (χ4v) is 3.11. The van der Waals surface area contributed by atoms with Crippen molar-refractivity contribution in [3.05, 3.63) is 100 Å². The molecule has 4 aromatic rings. The molecule has 0 radical (unpaired) electrons. The molecule has 0 aliphatic carbocycles. The summed E-state index contributed by atoms with van der Waals surface area (Å²) < 4.78 is 14.6. The molecule has 0 fully saturated rings. The highest BCUT2D eigenvalue weighted by Crippen LogP contribution is 2.14. The van der Waals surface area contributed by atoms with E-state index in [9.17, 15) is 9.18 Å². The first-order chi connectivity index (χ1) is 13.7. The minimum absolute atomic E-state index is 0.263. The monoisotopic (exact) mass is 387 g/mol. The molecule has 2 aromatic carbocycles. The number of carbonyl (C=O) groups is 1. The zero-order chi connectivity index (χ0) is 19.3. The van der Waals surface area contributed by atoms with Crippen molar-refractivity contribution in [3.8, 4) is 17.5 Å². The van der Waals surface area contributed by atoms with E-state index < -0.39 is 0 Å². The van der Waals surface area contributed by atoms with Gasteiger partial charge in [0.1, 0.15) is 5.82 Å². The number of thiophene rings is 1. The third kappa shape index (κ3) is 4.17. The normalized spacial score (nSPS) is 10.2. The molecule has 1 amide bonds. The summed E-state index contributed by atoms with van der Waals surface area (Å²) in [4.78, 5) is 13.5. The molecule has 0 unspecified atom stereocenters. The summed E-state index contributed by atoms with van der Waals surface area (Å²) in [6.45, 7) is 0. The zero-order valence-corrected chi connectivity index (χ0v) is 15.4. The number of nitrogens with zero attached hydrogens (tertiary/aromatic N) is 2. The maximum absolute atomic E-state index is 13.0. The first-order valence-electron chi connectivity index (χ1n) is 8.46. The number of rotatable bonds is 3. The van der Waals surface area contributed by atoms with E-state index >= 15 is 0 Å². The fraction of sp³-hybridized carbons (Fsp3) is 0. The number of halogens is 1. The maximum Gasteiger partial charge on any atom is 0.276 e. The lowest BCUT2D eigenvalue weighted by Gasteiger charge is -2.04. The second kappa shape index (κ2) is 7.91. The Morgan fingerprint density at radius 1 is 1.04 bits per heavy atom. The van der Waals surface area contributed by atoms with E-state index in [2.05, 4.69) is 22.3 Å². The maximum atomic E-state index is 13.0. The van der Waals surface area contributed by atoms with Gasteiger partial charge in [0.15, 0.2) is 5.69 Å². The highest BCUT2D eigenvalue weighted by atomic mass is 32.1. The molecule has 0 spiro atoms. The van der Waals surface area contributed by atoms with E-state index in [0.29, 0.717) is 11.4 Å². The molecule has 4 nitrogen and oxygen atoms in total. The smallest absolute Gasteiger partial charge is 0.276 e. The molecule has 136 valence electrons. The Labute approximate surface area is 165 Å². The summed E-state index contributed by atoms with van der Waals surface area (Å²) in [7, 11) is 0. The van der Waals surface area contributed by atoms with Gasteiger partial charge in [0.05, 0.1) is 10.6 Å². The number of benzene rings is 2. The molecule has 0 saturated heterocycles. The molecule has 2 heterocycles. The highest BCUT2D eigenvalue weighted by Gasteiger charge is 2.11. The molecule has 2 aromatic heterocycles. The summed E-state index contributed by atoms with van der Waals surface area (Å²) >= 11 is 1.58. The molecule has 0 aliphatic heterocycles. The summed E-state index contributed by atoms with van der Waals surface area (Å²) in [5.74, 6) is 5.53. The Bertz CT molecular complexity index is 1170. The number of hydrogen-bond acceptors (Lipinski definition) is 3. The molecule has 0 saturated carbocycles. The van der Waals surface area contributed by atoms with Crippen LogP contribution in [-0.2, 0) is 0 Å². The Hall–Kier alpha value is -3.69. The van der Waals surface area contributed by atoms with Crippen molar-refractivity contribution in [3.63, 3.8) is 0 Å². The van der Waals surface area contributed by atoms with Crippen LogP contribution in [0.2, 0.25) is 0 Å². The van der Waals surface area contributed by atoms with Gasteiger partial charge in [-0.1, -0.05) is 24.0 Å². The Morgan fingerprint density at radius 2 is 1.89 bits per heavy atom. The molecular weight excluding hydrogens is 373 g/mol. The average molecular weight is 387 g/mol. The van der Waals surface area contributed by atoms with Crippen molar-refractivity contribution in [1.82, 2.24) is 9.78 Å². The van der Waals surface area contributed by atoms with Gasteiger partial charge in [-0.15, -0.1) is 11.3 Å². The van der Waals surface area contributed by atoms with Crippen molar-refractivity contribution >= 4 is 22.9 Å². The van der Waals surface area contributed by atoms with Gasteiger partial charge in [-0.05, 0) is 60.0 Å². The predicted molar refractivity (Wildman–Crippen MR) is 108 cm³/mol. The van der Waals surface area contributed by atoms with Gasteiger partial charge < -0.3 is 5.32 Å². The van der Waals surface area contributed by atoms with Crippen molar-refractivity contribution < 1.29 is 9.18 Å². The summed E-state index contributed by atoms with van der Waals surface area (Å²) in [5, 5.41) is 9.06. The molecular formula is C22H14FN3OS. The van der Waals surface area contributed by atoms with Gasteiger partial charge in [-0.3, -0.25) is 4.79 Å². The van der Waals surface area contributed by atoms with Gasteiger partial charge in [-0.25, -0.2) is 9.07 Å². The van der Waals surface area contributed by atoms with Gasteiger partial charge in [0, 0.05) is 17.4 Å². The largest absolute Gasteiger partial charge is 0.321 e. The third-order valence-corrected chi connectivity index (χ3v) is 4.67. The topological polar surface area (TPSA) is 46.9 Å². The summed E-state index contributed by atoms with van der Waals surface area (Å²) in [6, 6.07) is 18.8. The SMILES string of the molecule is O=C(Nc1cccc(C#Cc2cccs2)c1)c1ccn(-c2ccc(F)cc2)n1. The van der Waals surface area contributed by atoms with E-state index in [1.165, 1.54) is 16.8 Å². The quantitative estimate of drug-likeness (QED) is 0.517. The number of nitrogens with one attached hydrogen (secondary N) is 1. The van der Waals surface area contributed by atoms with Crippen LogP contribution in [0, 0.1) is 17.7 Å². The van der Waals surface area contributed by atoms with E-state index in [1.54, 1.807) is 41.8 Å². The van der Waals surface area contributed by atoms with Crippen LogP contribution in [0.5, 0.6) is 0 Å². The molecule has 0 atom stereocenters. The number of hydrogen-bond donors (Lipinski definition) is 1. The van der Waals surface area contributed by atoms with Crippen LogP contribution >= 0.6 is 11.3 Å². The first-order valence-corrected chi connectivity index (χ1v) is 9.34. The van der Waals surface area contributed by atoms with Crippen molar-refractivity contribution in [1.29, 1.82) is 0 Å². The van der Waals surface area contributed by atoms with Crippen LogP contribution in [0.1, 0.15) is 20.9 Å². The Morgan fingerprint density at radius 3 is 2.68 bits per heavy atom. The van der Waals surface area contributed by atoms with E-state index in [0.717, 1.165) is 10.4 Å². The van der Waals surface area contributed by atoms with E-state index in [1.807, 2.05) is 35.7 Å². The van der Waals surface area contributed by atoms with Crippen LogP contribution in [-0.4, -0.2) is 15.7 Å². The number of amides is 1. The van der Waals surface area contributed by atoms with E-state index in [-0.39, 0.29) is 17.4 Å². The molecule has 6 heteroatoms. The van der Waals surface area contributed by atoms with Crippen LogP contribution in [0.25, 0.3) is 5.69 Å². The number of carbonyl (C=O) groups excluding carboxylic acids is 1. The standard InChI is InChI=1S/C22H14FN3OS/c23-17-7-9-19(10-8-17)26-13-12-21(25-26)22(27)24-18-4-1-3-16(15-18)6-11-20-5-2-14-28-20/h1-5,7-10,12-15H,(H,24,27). The minimum atomic E-state index is -0.329. The van der Waals surface area contributed by atoms with Gasteiger partial charge >= 0.3 is 0 Å². The van der Waals surface area contributed by atoms with E-state index in [4.69, 9.17) is 0 Å². The molecule has 0 aliphatic rings. The second-order valence-electron chi connectivity index (χ2n) is 5.88.